The summed E-state index contributed by atoms with van der Waals surface area (Å²) in [5, 5.41) is 5.06. The molecular formula is C16H34N. The molecule has 0 aliphatic heterocycles. The van der Waals surface area contributed by atoms with E-state index < -0.39 is 0 Å². The van der Waals surface area contributed by atoms with Gasteiger partial charge in [0.2, 0.25) is 0 Å². The van der Waals surface area contributed by atoms with Crippen LogP contribution in [-0.2, 0) is 0 Å². The van der Waals surface area contributed by atoms with Gasteiger partial charge in [0.1, 0.15) is 0 Å². The van der Waals surface area contributed by atoms with E-state index in [1.807, 2.05) is 0 Å². The highest BCUT2D eigenvalue weighted by Crippen LogP contribution is 2.21. The Morgan fingerprint density at radius 3 is 1.29 bits per heavy atom. The first kappa shape index (κ1) is 17.0. The molecule has 0 aromatic carbocycles. The van der Waals surface area contributed by atoms with E-state index in [1.54, 1.807) is 0 Å². The number of rotatable bonds is 10. The zero-order chi connectivity index (χ0) is 13.3. The van der Waals surface area contributed by atoms with Crippen molar-refractivity contribution in [3.8, 4) is 0 Å². The molecule has 0 bridgehead atoms. The third-order valence-corrected chi connectivity index (χ3v) is 4.20. The summed E-state index contributed by atoms with van der Waals surface area (Å²) >= 11 is 0. The maximum atomic E-state index is 5.06. The smallest absolute Gasteiger partial charge is 0.0249 e. The molecule has 1 heteroatoms. The van der Waals surface area contributed by atoms with Crippen LogP contribution in [0.4, 0.5) is 0 Å². The zero-order valence-corrected chi connectivity index (χ0v) is 13.0. The third kappa shape index (κ3) is 6.45. The molecule has 0 aliphatic rings. The SMILES string of the molecule is CCCC(CC)C(C)[N]C(C)C(CC)CCC. The standard InChI is InChI=1S/C16H34N/c1-7-11-15(9-3)13(5)17-14(6)16(10-4)12-8-2/h13-16H,7-12H2,1-6H3. The van der Waals surface area contributed by atoms with Crippen LogP contribution in [0.1, 0.15) is 80.1 Å². The minimum atomic E-state index is 0.542. The van der Waals surface area contributed by atoms with Crippen molar-refractivity contribution in [3.05, 3.63) is 0 Å². The molecular weight excluding hydrogens is 206 g/mol. The molecule has 103 valence electrons. The Bertz CT molecular complexity index is 149. The second-order valence-corrected chi connectivity index (χ2v) is 5.54. The number of hydrogen-bond acceptors (Lipinski definition) is 0. The van der Waals surface area contributed by atoms with Crippen molar-refractivity contribution in [1.29, 1.82) is 0 Å². The fourth-order valence-electron chi connectivity index (χ4n) is 2.93. The summed E-state index contributed by atoms with van der Waals surface area (Å²) in [5.74, 6) is 1.59. The lowest BCUT2D eigenvalue weighted by molar-refractivity contribution is 0.256. The molecule has 4 unspecified atom stereocenters. The van der Waals surface area contributed by atoms with E-state index in [9.17, 15) is 0 Å². The Labute approximate surface area is 110 Å². The summed E-state index contributed by atoms with van der Waals surface area (Å²) in [6.45, 7) is 13.8. The van der Waals surface area contributed by atoms with E-state index in [-0.39, 0.29) is 0 Å². The van der Waals surface area contributed by atoms with Crippen molar-refractivity contribution in [2.45, 2.75) is 92.2 Å². The van der Waals surface area contributed by atoms with Crippen LogP contribution in [0.25, 0.3) is 0 Å². The summed E-state index contributed by atoms with van der Waals surface area (Å²) in [4.78, 5) is 0. The first-order valence-electron chi connectivity index (χ1n) is 7.80. The molecule has 0 saturated carbocycles. The van der Waals surface area contributed by atoms with Crippen LogP contribution in [-0.4, -0.2) is 12.1 Å². The van der Waals surface area contributed by atoms with Gasteiger partial charge in [-0.2, -0.15) is 0 Å². The minimum Gasteiger partial charge on any atom is -0.235 e. The van der Waals surface area contributed by atoms with Gasteiger partial charge in [-0.3, -0.25) is 0 Å². The van der Waals surface area contributed by atoms with E-state index in [1.165, 1.54) is 38.5 Å². The Morgan fingerprint density at radius 1 is 0.706 bits per heavy atom. The summed E-state index contributed by atoms with van der Waals surface area (Å²) in [6, 6.07) is 1.08. The van der Waals surface area contributed by atoms with E-state index in [0.29, 0.717) is 12.1 Å². The quantitative estimate of drug-likeness (QED) is 0.509. The molecule has 0 aliphatic carbocycles. The molecule has 0 rings (SSSR count). The molecule has 0 N–H and O–H groups in total. The molecule has 0 aromatic rings. The van der Waals surface area contributed by atoms with Crippen molar-refractivity contribution in [2.75, 3.05) is 0 Å². The third-order valence-electron chi connectivity index (χ3n) is 4.20. The number of nitrogens with zero attached hydrogens (tertiary/aromatic N) is 1. The van der Waals surface area contributed by atoms with Crippen LogP contribution < -0.4 is 5.32 Å². The Kier molecular flexibility index (Phi) is 9.91. The maximum absolute atomic E-state index is 5.06. The van der Waals surface area contributed by atoms with Gasteiger partial charge >= 0.3 is 0 Å². The van der Waals surface area contributed by atoms with Gasteiger partial charge in [0.05, 0.1) is 0 Å². The fourth-order valence-corrected chi connectivity index (χ4v) is 2.93. The lowest BCUT2D eigenvalue weighted by atomic mass is 9.89. The predicted molar refractivity (Wildman–Crippen MR) is 78.4 cm³/mol. The lowest BCUT2D eigenvalue weighted by Gasteiger charge is -2.29. The van der Waals surface area contributed by atoms with Crippen LogP contribution in [0, 0.1) is 11.8 Å². The van der Waals surface area contributed by atoms with Crippen molar-refractivity contribution in [3.63, 3.8) is 0 Å². The first-order chi connectivity index (χ1) is 8.10. The maximum Gasteiger partial charge on any atom is 0.0249 e. The summed E-state index contributed by atoms with van der Waals surface area (Å²) in [7, 11) is 0. The monoisotopic (exact) mass is 240 g/mol. The van der Waals surface area contributed by atoms with Crippen molar-refractivity contribution < 1.29 is 0 Å². The van der Waals surface area contributed by atoms with Gasteiger partial charge < -0.3 is 0 Å². The van der Waals surface area contributed by atoms with E-state index in [4.69, 9.17) is 5.32 Å². The average molecular weight is 240 g/mol. The average Bonchev–Trinajstić information content (AvgIpc) is 2.32. The molecule has 0 fully saturated rings. The molecule has 1 radical (unpaired) electrons. The van der Waals surface area contributed by atoms with Gasteiger partial charge in [0.25, 0.3) is 0 Å². The Morgan fingerprint density at radius 2 is 1.06 bits per heavy atom. The topological polar surface area (TPSA) is 14.1 Å². The highest BCUT2D eigenvalue weighted by molar-refractivity contribution is 4.78. The first-order valence-corrected chi connectivity index (χ1v) is 7.80. The van der Waals surface area contributed by atoms with Crippen molar-refractivity contribution in [1.82, 2.24) is 5.32 Å². The molecule has 17 heavy (non-hydrogen) atoms. The van der Waals surface area contributed by atoms with E-state index in [0.717, 1.165) is 11.8 Å². The summed E-state index contributed by atoms with van der Waals surface area (Å²) in [6.07, 6.45) is 7.79. The molecule has 0 saturated heterocycles. The molecule has 4 atom stereocenters. The van der Waals surface area contributed by atoms with Crippen molar-refractivity contribution in [2.24, 2.45) is 11.8 Å². The molecule has 0 aromatic heterocycles. The highest BCUT2D eigenvalue weighted by Gasteiger charge is 2.21. The highest BCUT2D eigenvalue weighted by atomic mass is 14.9. The van der Waals surface area contributed by atoms with Gasteiger partial charge in [-0.15, -0.1) is 0 Å². The van der Waals surface area contributed by atoms with Crippen LogP contribution in [0.3, 0.4) is 0 Å². The van der Waals surface area contributed by atoms with Crippen LogP contribution in [0.2, 0.25) is 0 Å². The summed E-state index contributed by atoms with van der Waals surface area (Å²) in [5.41, 5.74) is 0. The van der Waals surface area contributed by atoms with Gasteiger partial charge in [-0.05, 0) is 38.5 Å². The fraction of sp³-hybridized carbons (Fsp3) is 1.00. The van der Waals surface area contributed by atoms with Gasteiger partial charge in [0.15, 0.2) is 0 Å². The summed E-state index contributed by atoms with van der Waals surface area (Å²) < 4.78 is 0. The van der Waals surface area contributed by atoms with E-state index in [2.05, 4.69) is 41.5 Å². The Balaban J connectivity index is 4.18. The molecule has 1 nitrogen and oxygen atoms in total. The molecule has 0 amide bonds. The van der Waals surface area contributed by atoms with Crippen molar-refractivity contribution >= 4 is 0 Å². The second kappa shape index (κ2) is 9.94. The lowest BCUT2D eigenvalue weighted by Crippen LogP contribution is -2.37. The normalized spacial score (nSPS) is 18.7. The van der Waals surface area contributed by atoms with Gasteiger partial charge in [-0.25, -0.2) is 5.32 Å². The zero-order valence-electron chi connectivity index (χ0n) is 13.0. The largest absolute Gasteiger partial charge is 0.235 e. The molecule has 0 heterocycles. The molecule has 0 spiro atoms. The minimum absolute atomic E-state index is 0.542. The predicted octanol–water partition coefficient (Wildman–Crippen LogP) is 5.02. The van der Waals surface area contributed by atoms with E-state index >= 15 is 0 Å². The van der Waals surface area contributed by atoms with Crippen LogP contribution in [0.15, 0.2) is 0 Å². The van der Waals surface area contributed by atoms with Crippen LogP contribution >= 0.6 is 0 Å². The van der Waals surface area contributed by atoms with Gasteiger partial charge in [0, 0.05) is 12.1 Å². The van der Waals surface area contributed by atoms with Gasteiger partial charge in [-0.1, -0.05) is 53.4 Å². The Hall–Kier alpha value is -0.0400. The van der Waals surface area contributed by atoms with Crippen LogP contribution in [0.5, 0.6) is 0 Å². The second-order valence-electron chi connectivity index (χ2n) is 5.54. The number of hydrogen-bond donors (Lipinski definition) is 0.